The molecule has 0 saturated heterocycles. The fourth-order valence-corrected chi connectivity index (χ4v) is 1.99. The summed E-state index contributed by atoms with van der Waals surface area (Å²) in [7, 11) is 1.56. The summed E-state index contributed by atoms with van der Waals surface area (Å²) in [4.78, 5) is 22.5. The molecule has 0 atom stereocenters. The Bertz CT molecular complexity index is 724. The molecule has 2 aromatic rings. The molecule has 8 heteroatoms. The van der Waals surface area contributed by atoms with Gasteiger partial charge in [0.15, 0.2) is 0 Å². The fraction of sp³-hybridized carbons (Fsp3) is 0.333. The first-order valence-corrected chi connectivity index (χ1v) is 6.98. The minimum atomic E-state index is -0.612. The first-order valence-electron chi connectivity index (χ1n) is 6.98. The van der Waals surface area contributed by atoms with Crippen molar-refractivity contribution in [2.75, 3.05) is 0 Å². The predicted octanol–water partition coefficient (Wildman–Crippen LogP) is 2.47. The molecule has 0 bridgehead atoms. The van der Waals surface area contributed by atoms with Crippen molar-refractivity contribution in [1.29, 1.82) is 0 Å². The summed E-state index contributed by atoms with van der Waals surface area (Å²) in [5, 5.41) is 14.6. The Morgan fingerprint density at radius 1 is 1.39 bits per heavy atom. The lowest BCUT2D eigenvalue weighted by Crippen LogP contribution is -2.12. The molecule has 0 aliphatic heterocycles. The Morgan fingerprint density at radius 2 is 2.09 bits per heavy atom. The fourth-order valence-electron chi connectivity index (χ4n) is 1.99. The van der Waals surface area contributed by atoms with Crippen LogP contribution >= 0.6 is 0 Å². The first-order chi connectivity index (χ1) is 10.9. The zero-order valence-electron chi connectivity index (χ0n) is 13.1. The van der Waals surface area contributed by atoms with Gasteiger partial charge in [-0.3, -0.25) is 0 Å². The van der Waals surface area contributed by atoms with Crippen LogP contribution in [0.1, 0.15) is 29.8 Å². The number of benzene rings is 1. The summed E-state index contributed by atoms with van der Waals surface area (Å²) in [5.41, 5.74) is 0.501. The molecule has 0 radical (unpaired) electrons. The number of carbonyl (C=O) groups is 1. The van der Waals surface area contributed by atoms with Crippen molar-refractivity contribution < 1.29 is 19.2 Å². The molecule has 0 spiro atoms. The van der Waals surface area contributed by atoms with Crippen LogP contribution in [0.25, 0.3) is 0 Å². The monoisotopic (exact) mass is 319 g/mol. The van der Waals surface area contributed by atoms with Gasteiger partial charge in [0.1, 0.15) is 23.5 Å². The molecule has 1 heterocycles. The molecule has 23 heavy (non-hydrogen) atoms. The van der Waals surface area contributed by atoms with Crippen molar-refractivity contribution >= 4 is 11.8 Å². The maximum atomic E-state index is 12.2. The van der Waals surface area contributed by atoms with Gasteiger partial charge in [-0.05, 0) is 30.9 Å². The van der Waals surface area contributed by atoms with Gasteiger partial charge in [0.25, 0.3) is 0 Å². The highest BCUT2D eigenvalue weighted by molar-refractivity contribution is 5.92. The molecule has 0 amide bonds. The number of aryl methyl sites for hydroxylation is 1. The summed E-state index contributed by atoms with van der Waals surface area (Å²) in [6.07, 6.45) is 1.35. The molecular weight excluding hydrogens is 302 g/mol. The average molecular weight is 319 g/mol. The smallest absolute Gasteiger partial charge is 0.396 e. The van der Waals surface area contributed by atoms with Gasteiger partial charge in [-0.2, -0.15) is 4.68 Å². The number of ether oxygens (including phenoxy) is 2. The molecule has 0 saturated carbocycles. The number of aromatic nitrogens is 2. The summed E-state index contributed by atoms with van der Waals surface area (Å²) in [5.74, 6) is -0.528. The van der Waals surface area contributed by atoms with Gasteiger partial charge in [0.05, 0.1) is 24.4 Å². The van der Waals surface area contributed by atoms with Crippen LogP contribution in [0.2, 0.25) is 0 Å². The van der Waals surface area contributed by atoms with Crippen LogP contribution in [-0.2, 0) is 18.4 Å². The van der Waals surface area contributed by atoms with E-state index in [2.05, 4.69) is 5.10 Å². The highest BCUT2D eigenvalue weighted by Gasteiger charge is 2.22. The third-order valence-corrected chi connectivity index (χ3v) is 2.88. The number of hydrogen-bond acceptors (Lipinski definition) is 6. The molecular formula is C15H17N3O5. The standard InChI is InChI=1S/C15H17N3O5/c1-10(2)23-13-7-5-4-6-12(13)15(19)22-9-11-8-17(3)16-14(11)18(20)21/h4-8,10H,9H2,1-3H3. The van der Waals surface area contributed by atoms with E-state index >= 15 is 0 Å². The molecule has 2 rings (SSSR count). The van der Waals surface area contributed by atoms with Crippen molar-refractivity contribution in [3.05, 3.63) is 51.7 Å². The maximum Gasteiger partial charge on any atom is 0.396 e. The normalized spacial score (nSPS) is 10.6. The highest BCUT2D eigenvalue weighted by atomic mass is 16.6. The number of nitro groups is 1. The molecule has 0 aliphatic carbocycles. The lowest BCUT2D eigenvalue weighted by atomic mass is 10.2. The van der Waals surface area contributed by atoms with Crippen LogP contribution in [-0.4, -0.2) is 26.8 Å². The Labute approximate surface area is 132 Å². The van der Waals surface area contributed by atoms with Crippen LogP contribution in [0.3, 0.4) is 0 Å². The number of hydrogen-bond donors (Lipinski definition) is 0. The lowest BCUT2D eigenvalue weighted by Gasteiger charge is -2.13. The van der Waals surface area contributed by atoms with Crippen LogP contribution in [0.4, 0.5) is 5.82 Å². The quantitative estimate of drug-likeness (QED) is 0.461. The van der Waals surface area contributed by atoms with Crippen molar-refractivity contribution in [2.24, 2.45) is 7.05 Å². The third-order valence-electron chi connectivity index (χ3n) is 2.88. The molecule has 1 aromatic heterocycles. The molecule has 8 nitrogen and oxygen atoms in total. The van der Waals surface area contributed by atoms with Crippen molar-refractivity contribution in [2.45, 2.75) is 26.6 Å². The summed E-state index contributed by atoms with van der Waals surface area (Å²) < 4.78 is 12.0. The Hall–Kier alpha value is -2.90. The van der Waals surface area contributed by atoms with Crippen LogP contribution in [0.5, 0.6) is 5.75 Å². The van der Waals surface area contributed by atoms with Crippen molar-refractivity contribution in [3.8, 4) is 5.75 Å². The van der Waals surface area contributed by atoms with E-state index in [1.807, 2.05) is 13.8 Å². The minimum absolute atomic E-state index is 0.0941. The van der Waals surface area contributed by atoms with Gasteiger partial charge in [0.2, 0.25) is 0 Å². The van der Waals surface area contributed by atoms with E-state index in [4.69, 9.17) is 9.47 Å². The predicted molar refractivity (Wildman–Crippen MR) is 81.2 cm³/mol. The number of rotatable bonds is 6. The van der Waals surface area contributed by atoms with Crippen molar-refractivity contribution in [3.63, 3.8) is 0 Å². The van der Waals surface area contributed by atoms with E-state index in [1.165, 1.54) is 10.9 Å². The van der Waals surface area contributed by atoms with Crippen LogP contribution in [0.15, 0.2) is 30.5 Å². The van der Waals surface area contributed by atoms with Crippen LogP contribution in [0, 0.1) is 10.1 Å². The second-order valence-electron chi connectivity index (χ2n) is 5.15. The molecule has 0 fully saturated rings. The van der Waals surface area contributed by atoms with Gasteiger partial charge >= 0.3 is 11.8 Å². The Balaban J connectivity index is 2.13. The maximum absolute atomic E-state index is 12.2. The van der Waals surface area contributed by atoms with Gasteiger partial charge in [0, 0.05) is 0 Å². The zero-order valence-corrected chi connectivity index (χ0v) is 13.1. The largest absolute Gasteiger partial charge is 0.490 e. The van der Waals surface area contributed by atoms with Crippen molar-refractivity contribution in [1.82, 2.24) is 9.78 Å². The van der Waals surface area contributed by atoms with Gasteiger partial charge in [-0.25, -0.2) is 4.79 Å². The molecule has 0 unspecified atom stereocenters. The second kappa shape index (κ2) is 6.91. The average Bonchev–Trinajstić information content (AvgIpc) is 2.86. The summed E-state index contributed by atoms with van der Waals surface area (Å²) in [6, 6.07) is 6.69. The molecule has 0 aliphatic rings. The van der Waals surface area contributed by atoms with E-state index in [9.17, 15) is 14.9 Å². The summed E-state index contributed by atoms with van der Waals surface area (Å²) >= 11 is 0. The SMILES string of the molecule is CC(C)Oc1ccccc1C(=O)OCc1cn(C)nc1[N+](=O)[O-]. The second-order valence-corrected chi connectivity index (χ2v) is 5.15. The number of nitrogens with zero attached hydrogens (tertiary/aromatic N) is 3. The molecule has 1 aromatic carbocycles. The van der Waals surface area contributed by atoms with Crippen LogP contribution < -0.4 is 4.74 Å². The van der Waals surface area contributed by atoms with Gasteiger partial charge < -0.3 is 19.6 Å². The van der Waals surface area contributed by atoms with E-state index in [-0.39, 0.29) is 29.7 Å². The highest BCUT2D eigenvalue weighted by Crippen LogP contribution is 2.22. The van der Waals surface area contributed by atoms with E-state index < -0.39 is 10.9 Å². The first kappa shape index (κ1) is 16.5. The number of para-hydroxylation sites is 1. The van der Waals surface area contributed by atoms with Gasteiger partial charge in [-0.15, -0.1) is 0 Å². The van der Waals surface area contributed by atoms with E-state index in [1.54, 1.807) is 31.3 Å². The number of esters is 1. The minimum Gasteiger partial charge on any atom is -0.490 e. The molecule has 122 valence electrons. The van der Waals surface area contributed by atoms with Gasteiger partial charge in [-0.1, -0.05) is 12.1 Å². The third kappa shape index (κ3) is 4.06. The molecule has 0 N–H and O–H groups in total. The number of carbonyl (C=O) groups excluding carboxylic acids is 1. The van der Waals surface area contributed by atoms with E-state index in [0.717, 1.165) is 0 Å². The zero-order chi connectivity index (χ0) is 17.0. The summed E-state index contributed by atoms with van der Waals surface area (Å²) in [6.45, 7) is 3.46. The van der Waals surface area contributed by atoms with E-state index in [0.29, 0.717) is 5.75 Å². The topological polar surface area (TPSA) is 96.5 Å². The Kier molecular flexibility index (Phi) is 4.95. The Morgan fingerprint density at radius 3 is 2.74 bits per heavy atom. The lowest BCUT2D eigenvalue weighted by molar-refractivity contribution is -0.390.